The second kappa shape index (κ2) is 3.67. The van der Waals surface area contributed by atoms with E-state index in [1.807, 2.05) is 0 Å². The Morgan fingerprint density at radius 1 is 1.42 bits per heavy atom. The minimum Gasteiger partial charge on any atom is -0.326 e. The topological polar surface area (TPSA) is 63.4 Å². The zero-order valence-corrected chi connectivity index (χ0v) is 7.25. The molecule has 4 nitrogen and oxygen atoms in total. The summed E-state index contributed by atoms with van der Waals surface area (Å²) in [4.78, 5) is 23.7. The third kappa shape index (κ3) is 2.04. The quantitative estimate of drug-likeness (QED) is 0.587. The van der Waals surface area contributed by atoms with Gasteiger partial charge in [-0.05, 0) is 13.3 Å². The van der Waals surface area contributed by atoms with Crippen molar-refractivity contribution in [2.24, 2.45) is 5.73 Å². The van der Waals surface area contributed by atoms with Crippen molar-refractivity contribution >= 4 is 11.8 Å². The average Bonchev–Trinajstić information content (AvgIpc) is 1.97. The Morgan fingerprint density at radius 2 is 1.92 bits per heavy atom. The molecule has 4 heteroatoms. The van der Waals surface area contributed by atoms with E-state index < -0.39 is 0 Å². The summed E-state index contributed by atoms with van der Waals surface area (Å²) in [7, 11) is 0. The van der Waals surface area contributed by atoms with Crippen LogP contribution < -0.4 is 5.73 Å². The Morgan fingerprint density at radius 3 is 2.33 bits per heavy atom. The fourth-order valence-electron chi connectivity index (χ4n) is 1.29. The van der Waals surface area contributed by atoms with Gasteiger partial charge in [-0.1, -0.05) is 0 Å². The molecule has 0 saturated carbocycles. The molecule has 2 N–H and O–H groups in total. The molecule has 1 heterocycles. The van der Waals surface area contributed by atoms with E-state index in [0.717, 1.165) is 0 Å². The molecule has 0 aromatic heterocycles. The molecule has 0 unspecified atom stereocenters. The lowest BCUT2D eigenvalue weighted by Gasteiger charge is -2.26. The zero-order chi connectivity index (χ0) is 9.14. The Balaban J connectivity index is 2.57. The van der Waals surface area contributed by atoms with Crippen molar-refractivity contribution in [2.75, 3.05) is 6.54 Å². The number of carbonyl (C=O) groups is 2. The summed E-state index contributed by atoms with van der Waals surface area (Å²) in [6.07, 6.45) is 1.66. The van der Waals surface area contributed by atoms with Crippen molar-refractivity contribution < 1.29 is 9.59 Å². The largest absolute Gasteiger partial charge is 0.326 e. The molecule has 12 heavy (non-hydrogen) atoms. The summed E-state index contributed by atoms with van der Waals surface area (Å²) in [6.45, 7) is 2.15. The highest BCUT2D eigenvalue weighted by Crippen LogP contribution is 2.11. The van der Waals surface area contributed by atoms with E-state index in [1.165, 1.54) is 4.90 Å². The summed E-state index contributed by atoms with van der Waals surface area (Å²) in [5.41, 5.74) is 5.50. The molecule has 1 rings (SSSR count). The average molecular weight is 170 g/mol. The number of rotatable bonds is 2. The predicted octanol–water partition coefficient (Wildman–Crippen LogP) is -0.127. The predicted molar refractivity (Wildman–Crippen MR) is 44.2 cm³/mol. The molecule has 0 aliphatic carbocycles. The van der Waals surface area contributed by atoms with Crippen molar-refractivity contribution in [3.63, 3.8) is 0 Å². The standard InChI is InChI=1S/C8H14N2O2/c1-6(9)5-10-7(11)3-2-4-8(10)12/h6H,2-5,9H2,1H3/t6-/m0/s1. The Kier molecular flexibility index (Phi) is 2.81. The number of hydrogen-bond acceptors (Lipinski definition) is 3. The molecule has 0 aromatic carbocycles. The second-order valence-corrected chi connectivity index (χ2v) is 3.23. The maximum atomic E-state index is 11.2. The van der Waals surface area contributed by atoms with Crippen molar-refractivity contribution in [3.05, 3.63) is 0 Å². The first-order chi connectivity index (χ1) is 5.61. The van der Waals surface area contributed by atoms with Crippen LogP contribution in [0.2, 0.25) is 0 Å². The normalized spacial score (nSPS) is 21.3. The highest BCUT2D eigenvalue weighted by molar-refractivity contribution is 5.97. The van der Waals surface area contributed by atoms with Crippen LogP contribution in [0.5, 0.6) is 0 Å². The molecule has 0 radical (unpaired) electrons. The SMILES string of the molecule is C[C@H](N)CN1C(=O)CCCC1=O. The number of likely N-dealkylation sites (tertiary alicyclic amines) is 1. The van der Waals surface area contributed by atoms with Gasteiger partial charge in [0.2, 0.25) is 11.8 Å². The number of imide groups is 1. The number of carbonyl (C=O) groups excluding carboxylic acids is 2. The Hall–Kier alpha value is -0.900. The van der Waals surface area contributed by atoms with Crippen molar-refractivity contribution in [3.8, 4) is 0 Å². The van der Waals surface area contributed by atoms with E-state index in [4.69, 9.17) is 5.73 Å². The lowest BCUT2D eigenvalue weighted by molar-refractivity contribution is -0.148. The van der Waals surface area contributed by atoms with Crippen LogP contribution in [0.15, 0.2) is 0 Å². The summed E-state index contributed by atoms with van der Waals surface area (Å²) in [6, 6.07) is -0.129. The van der Waals surface area contributed by atoms with Crippen LogP contribution in [0.3, 0.4) is 0 Å². The Bertz CT molecular complexity index is 185. The van der Waals surface area contributed by atoms with Gasteiger partial charge in [0, 0.05) is 25.4 Å². The summed E-state index contributed by atoms with van der Waals surface area (Å²) < 4.78 is 0. The molecule has 0 spiro atoms. The summed E-state index contributed by atoms with van der Waals surface area (Å²) >= 11 is 0. The number of nitrogens with zero attached hydrogens (tertiary/aromatic N) is 1. The molecule has 0 aromatic rings. The molecule has 1 atom stereocenters. The van der Waals surface area contributed by atoms with Gasteiger partial charge in [0.25, 0.3) is 0 Å². The molecule has 68 valence electrons. The van der Waals surface area contributed by atoms with Crippen LogP contribution in [0, 0.1) is 0 Å². The number of hydrogen-bond donors (Lipinski definition) is 1. The van der Waals surface area contributed by atoms with Gasteiger partial charge in [0.1, 0.15) is 0 Å². The Labute approximate surface area is 71.7 Å². The summed E-state index contributed by atoms with van der Waals surface area (Å²) in [5, 5.41) is 0. The van der Waals surface area contributed by atoms with Gasteiger partial charge in [-0.25, -0.2) is 0 Å². The van der Waals surface area contributed by atoms with Gasteiger partial charge < -0.3 is 5.73 Å². The van der Waals surface area contributed by atoms with E-state index in [0.29, 0.717) is 25.8 Å². The second-order valence-electron chi connectivity index (χ2n) is 3.23. The fourth-order valence-corrected chi connectivity index (χ4v) is 1.29. The number of nitrogens with two attached hydrogens (primary N) is 1. The maximum absolute atomic E-state index is 11.2. The smallest absolute Gasteiger partial charge is 0.229 e. The molecule has 1 saturated heterocycles. The molecular weight excluding hydrogens is 156 g/mol. The van der Waals surface area contributed by atoms with Crippen molar-refractivity contribution in [1.29, 1.82) is 0 Å². The number of amides is 2. The van der Waals surface area contributed by atoms with E-state index in [-0.39, 0.29) is 17.9 Å². The molecular formula is C8H14N2O2. The highest BCUT2D eigenvalue weighted by Gasteiger charge is 2.25. The third-order valence-electron chi connectivity index (χ3n) is 1.85. The lowest BCUT2D eigenvalue weighted by atomic mass is 10.1. The molecule has 2 amide bonds. The summed E-state index contributed by atoms with van der Waals surface area (Å²) in [5.74, 6) is -0.160. The molecule has 0 bridgehead atoms. The van der Waals surface area contributed by atoms with E-state index in [9.17, 15) is 9.59 Å². The lowest BCUT2D eigenvalue weighted by Crippen LogP contribution is -2.45. The van der Waals surface area contributed by atoms with E-state index in [1.54, 1.807) is 6.92 Å². The van der Waals surface area contributed by atoms with Gasteiger partial charge in [0.05, 0.1) is 0 Å². The first kappa shape index (κ1) is 9.19. The van der Waals surface area contributed by atoms with Gasteiger partial charge in [-0.15, -0.1) is 0 Å². The molecule has 1 aliphatic rings. The highest BCUT2D eigenvalue weighted by atomic mass is 16.2. The fraction of sp³-hybridized carbons (Fsp3) is 0.750. The third-order valence-corrected chi connectivity index (χ3v) is 1.85. The van der Waals surface area contributed by atoms with Gasteiger partial charge >= 0.3 is 0 Å². The van der Waals surface area contributed by atoms with Crippen LogP contribution >= 0.6 is 0 Å². The number of piperidine rings is 1. The van der Waals surface area contributed by atoms with Crippen molar-refractivity contribution in [2.45, 2.75) is 32.2 Å². The van der Waals surface area contributed by atoms with Gasteiger partial charge in [-0.2, -0.15) is 0 Å². The van der Waals surface area contributed by atoms with Crippen molar-refractivity contribution in [1.82, 2.24) is 4.90 Å². The first-order valence-electron chi connectivity index (χ1n) is 4.20. The minimum atomic E-state index is -0.129. The maximum Gasteiger partial charge on any atom is 0.229 e. The van der Waals surface area contributed by atoms with Gasteiger partial charge in [-0.3, -0.25) is 14.5 Å². The van der Waals surface area contributed by atoms with Crippen LogP contribution in [-0.4, -0.2) is 29.3 Å². The van der Waals surface area contributed by atoms with Crippen LogP contribution in [0.1, 0.15) is 26.2 Å². The molecule has 1 fully saturated rings. The van der Waals surface area contributed by atoms with E-state index in [2.05, 4.69) is 0 Å². The van der Waals surface area contributed by atoms with Crippen LogP contribution in [0.4, 0.5) is 0 Å². The van der Waals surface area contributed by atoms with Crippen LogP contribution in [0.25, 0.3) is 0 Å². The first-order valence-corrected chi connectivity index (χ1v) is 4.20. The van der Waals surface area contributed by atoms with Crippen LogP contribution in [-0.2, 0) is 9.59 Å². The minimum absolute atomic E-state index is 0.0800. The van der Waals surface area contributed by atoms with E-state index >= 15 is 0 Å². The monoisotopic (exact) mass is 170 g/mol. The van der Waals surface area contributed by atoms with Gasteiger partial charge in [0.15, 0.2) is 0 Å². The molecule has 1 aliphatic heterocycles. The zero-order valence-electron chi connectivity index (χ0n) is 7.25.